The molecule has 0 bridgehead atoms. The third-order valence-electron chi connectivity index (χ3n) is 4.65. The van der Waals surface area contributed by atoms with Crippen LogP contribution in [0.5, 0.6) is 5.75 Å². The minimum absolute atomic E-state index is 0.0190. The number of ether oxygens (including phenoxy) is 1. The van der Waals surface area contributed by atoms with E-state index in [0.29, 0.717) is 16.3 Å². The largest absolute Gasteiger partial charge is 0.496 e. The number of benzene rings is 1. The van der Waals surface area contributed by atoms with E-state index in [1.165, 1.54) is 7.11 Å². The Morgan fingerprint density at radius 1 is 1.48 bits per heavy atom. The van der Waals surface area contributed by atoms with Crippen LogP contribution in [0.1, 0.15) is 50.5 Å². The van der Waals surface area contributed by atoms with Gasteiger partial charge in [-0.05, 0) is 37.5 Å². The Hall–Kier alpha value is -1.53. The maximum atomic E-state index is 13.0. The second-order valence-electron chi connectivity index (χ2n) is 5.65. The van der Waals surface area contributed by atoms with E-state index in [9.17, 15) is 10.1 Å². The zero-order valence-corrected chi connectivity index (χ0v) is 13.2. The van der Waals surface area contributed by atoms with Gasteiger partial charge >= 0.3 is 0 Å². The average molecular weight is 306 g/mol. The fourth-order valence-electron chi connectivity index (χ4n) is 3.33. The van der Waals surface area contributed by atoms with Crippen LogP contribution in [0.25, 0.3) is 0 Å². The van der Waals surface area contributed by atoms with E-state index < -0.39 is 5.92 Å². The predicted molar refractivity (Wildman–Crippen MR) is 82.6 cm³/mol. The molecule has 0 N–H and O–H groups in total. The Morgan fingerprint density at radius 3 is 2.67 bits per heavy atom. The molecule has 0 saturated heterocycles. The highest BCUT2D eigenvalue weighted by Gasteiger charge is 2.43. The average Bonchev–Trinajstić information content (AvgIpc) is 2.98. The first-order valence-corrected chi connectivity index (χ1v) is 7.73. The molecule has 1 aromatic rings. The van der Waals surface area contributed by atoms with Crippen molar-refractivity contribution in [3.05, 3.63) is 28.8 Å². The Kier molecular flexibility index (Phi) is 4.90. The predicted octanol–water partition coefficient (Wildman–Crippen LogP) is 4.50. The first-order chi connectivity index (χ1) is 10.1. The van der Waals surface area contributed by atoms with Crippen molar-refractivity contribution in [3.63, 3.8) is 0 Å². The monoisotopic (exact) mass is 305 g/mol. The molecule has 4 heteroatoms. The standard InChI is InChI=1S/C17H20ClNO2/c1-3-17(8-4-5-9-17)16(20)14(11-19)13-10-12(18)6-7-15(13)21-2/h6-7,10,14H,3-5,8-9H2,1-2H3. The maximum absolute atomic E-state index is 13.0. The molecule has 1 aromatic carbocycles. The van der Waals surface area contributed by atoms with Gasteiger partial charge in [0.1, 0.15) is 11.7 Å². The summed E-state index contributed by atoms with van der Waals surface area (Å²) in [4.78, 5) is 13.0. The molecule has 1 fully saturated rings. The summed E-state index contributed by atoms with van der Waals surface area (Å²) in [6.45, 7) is 2.03. The zero-order valence-electron chi connectivity index (χ0n) is 12.5. The smallest absolute Gasteiger partial charge is 0.160 e. The van der Waals surface area contributed by atoms with E-state index in [-0.39, 0.29) is 11.2 Å². The Bertz CT molecular complexity index is 571. The van der Waals surface area contributed by atoms with Gasteiger partial charge in [0, 0.05) is 16.0 Å². The molecule has 112 valence electrons. The van der Waals surface area contributed by atoms with Gasteiger partial charge in [0.25, 0.3) is 0 Å². The van der Waals surface area contributed by atoms with Crippen molar-refractivity contribution in [1.29, 1.82) is 5.26 Å². The number of rotatable bonds is 5. The van der Waals surface area contributed by atoms with E-state index in [2.05, 4.69) is 6.07 Å². The number of ketones is 1. The lowest BCUT2D eigenvalue weighted by molar-refractivity contribution is -0.129. The van der Waals surface area contributed by atoms with Crippen LogP contribution in [0.15, 0.2) is 18.2 Å². The van der Waals surface area contributed by atoms with Crippen LogP contribution >= 0.6 is 11.6 Å². The molecule has 21 heavy (non-hydrogen) atoms. The first kappa shape index (κ1) is 15.9. The van der Waals surface area contributed by atoms with Crippen LogP contribution in [0.3, 0.4) is 0 Å². The number of nitrogens with zero attached hydrogens (tertiary/aromatic N) is 1. The summed E-state index contributed by atoms with van der Waals surface area (Å²) in [5.74, 6) is -0.245. The quantitative estimate of drug-likeness (QED) is 0.805. The SMILES string of the molecule is CCC1(C(=O)C(C#N)c2cc(Cl)ccc2OC)CCCC1. The van der Waals surface area contributed by atoms with Crippen molar-refractivity contribution in [1.82, 2.24) is 0 Å². The molecule has 0 aromatic heterocycles. The lowest BCUT2D eigenvalue weighted by Crippen LogP contribution is -2.32. The molecule has 1 aliphatic rings. The molecule has 0 amide bonds. The van der Waals surface area contributed by atoms with Gasteiger partial charge in [-0.1, -0.05) is 31.4 Å². The van der Waals surface area contributed by atoms with Gasteiger partial charge < -0.3 is 4.74 Å². The Balaban J connectivity index is 2.43. The molecule has 0 spiro atoms. The Morgan fingerprint density at radius 2 is 2.14 bits per heavy atom. The fraction of sp³-hybridized carbons (Fsp3) is 0.529. The van der Waals surface area contributed by atoms with Gasteiger partial charge in [-0.2, -0.15) is 5.26 Å². The van der Waals surface area contributed by atoms with Gasteiger partial charge in [-0.3, -0.25) is 4.79 Å². The Labute approximate surface area is 130 Å². The highest BCUT2D eigenvalue weighted by molar-refractivity contribution is 6.30. The number of hydrogen-bond donors (Lipinski definition) is 0. The minimum atomic E-state index is -0.809. The lowest BCUT2D eigenvalue weighted by atomic mass is 9.73. The van der Waals surface area contributed by atoms with Crippen molar-refractivity contribution in [2.45, 2.75) is 44.9 Å². The summed E-state index contributed by atoms with van der Waals surface area (Å²) in [5.41, 5.74) is 0.227. The number of methoxy groups -OCH3 is 1. The minimum Gasteiger partial charge on any atom is -0.496 e. The summed E-state index contributed by atoms with van der Waals surface area (Å²) in [7, 11) is 1.54. The van der Waals surface area contributed by atoms with Crippen LogP contribution in [0.2, 0.25) is 5.02 Å². The van der Waals surface area contributed by atoms with Gasteiger partial charge in [0.05, 0.1) is 13.2 Å². The van der Waals surface area contributed by atoms with Gasteiger partial charge in [-0.15, -0.1) is 0 Å². The molecular weight excluding hydrogens is 286 g/mol. The van der Waals surface area contributed by atoms with Crippen LogP contribution in [-0.2, 0) is 4.79 Å². The summed E-state index contributed by atoms with van der Waals surface area (Å²) in [6, 6.07) is 7.25. The third-order valence-corrected chi connectivity index (χ3v) is 4.89. The number of carbonyl (C=O) groups is 1. The van der Waals surface area contributed by atoms with E-state index in [1.807, 2.05) is 6.92 Å². The molecule has 0 aliphatic heterocycles. The number of Topliss-reactive ketones (excluding diaryl/α,β-unsaturated/α-hetero) is 1. The highest BCUT2D eigenvalue weighted by Crippen LogP contribution is 2.46. The summed E-state index contributed by atoms with van der Waals surface area (Å²) >= 11 is 6.03. The molecular formula is C17H20ClNO2. The van der Waals surface area contributed by atoms with Crippen LogP contribution in [-0.4, -0.2) is 12.9 Å². The van der Waals surface area contributed by atoms with Gasteiger partial charge in [0.2, 0.25) is 0 Å². The normalized spacial score (nSPS) is 18.0. The maximum Gasteiger partial charge on any atom is 0.160 e. The van der Waals surface area contributed by atoms with Crippen molar-refractivity contribution in [3.8, 4) is 11.8 Å². The zero-order chi connectivity index (χ0) is 15.5. The molecule has 0 heterocycles. The van der Waals surface area contributed by atoms with Crippen LogP contribution < -0.4 is 4.74 Å². The molecule has 1 atom stereocenters. The summed E-state index contributed by atoms with van der Waals surface area (Å²) in [6.07, 6.45) is 4.66. The third kappa shape index (κ3) is 2.91. The molecule has 1 unspecified atom stereocenters. The molecule has 1 aliphatic carbocycles. The molecule has 0 radical (unpaired) electrons. The fourth-order valence-corrected chi connectivity index (χ4v) is 3.51. The number of nitriles is 1. The molecule has 3 nitrogen and oxygen atoms in total. The number of halogens is 1. The second kappa shape index (κ2) is 6.49. The van der Waals surface area contributed by atoms with Crippen LogP contribution in [0.4, 0.5) is 0 Å². The first-order valence-electron chi connectivity index (χ1n) is 7.35. The number of carbonyl (C=O) groups excluding carboxylic acids is 1. The van der Waals surface area contributed by atoms with E-state index in [0.717, 1.165) is 32.1 Å². The van der Waals surface area contributed by atoms with Crippen LogP contribution in [0, 0.1) is 16.7 Å². The topological polar surface area (TPSA) is 50.1 Å². The molecule has 2 rings (SSSR count). The van der Waals surface area contributed by atoms with Gasteiger partial charge in [0.15, 0.2) is 5.78 Å². The van der Waals surface area contributed by atoms with Crippen molar-refractivity contribution < 1.29 is 9.53 Å². The van der Waals surface area contributed by atoms with E-state index >= 15 is 0 Å². The second-order valence-corrected chi connectivity index (χ2v) is 6.09. The highest BCUT2D eigenvalue weighted by atomic mass is 35.5. The van der Waals surface area contributed by atoms with Crippen molar-refractivity contribution in [2.24, 2.45) is 5.41 Å². The van der Waals surface area contributed by atoms with Crippen molar-refractivity contribution in [2.75, 3.05) is 7.11 Å². The van der Waals surface area contributed by atoms with E-state index in [1.54, 1.807) is 18.2 Å². The summed E-state index contributed by atoms with van der Waals surface area (Å²) < 4.78 is 5.30. The number of hydrogen-bond acceptors (Lipinski definition) is 3. The van der Waals surface area contributed by atoms with E-state index in [4.69, 9.17) is 16.3 Å². The lowest BCUT2D eigenvalue weighted by Gasteiger charge is -2.28. The van der Waals surface area contributed by atoms with Crippen molar-refractivity contribution >= 4 is 17.4 Å². The van der Waals surface area contributed by atoms with Gasteiger partial charge in [-0.25, -0.2) is 0 Å². The summed E-state index contributed by atoms with van der Waals surface area (Å²) in [5, 5.41) is 10.1. The molecule has 1 saturated carbocycles.